The van der Waals surface area contributed by atoms with Crippen molar-refractivity contribution in [3.63, 3.8) is 0 Å². The summed E-state index contributed by atoms with van der Waals surface area (Å²) in [5.74, 6) is 1.70. The van der Waals surface area contributed by atoms with Gasteiger partial charge in [-0.2, -0.15) is 0 Å². The zero-order valence-electron chi connectivity index (χ0n) is 12.4. The molecule has 2 atom stereocenters. The fourth-order valence-corrected chi connectivity index (χ4v) is 4.76. The molecule has 1 N–H and O–H groups in total. The van der Waals surface area contributed by atoms with Crippen LogP contribution in [-0.2, 0) is 0 Å². The van der Waals surface area contributed by atoms with E-state index in [1.807, 2.05) is 0 Å². The first-order valence-corrected chi connectivity index (χ1v) is 8.48. The highest BCUT2D eigenvalue weighted by Crippen LogP contribution is 2.38. The maximum atomic E-state index is 3.58. The Labute approximate surface area is 122 Å². The Morgan fingerprint density at radius 2 is 1.90 bits per heavy atom. The summed E-state index contributed by atoms with van der Waals surface area (Å²) in [7, 11) is 0. The molecule has 1 aromatic rings. The van der Waals surface area contributed by atoms with Crippen molar-refractivity contribution in [2.24, 2.45) is 5.92 Å². The molecule has 1 aromatic carbocycles. The Balaban J connectivity index is 1.46. The van der Waals surface area contributed by atoms with E-state index in [1.54, 1.807) is 5.56 Å². The zero-order chi connectivity index (χ0) is 13.4. The van der Waals surface area contributed by atoms with Gasteiger partial charge in [0.05, 0.1) is 0 Å². The van der Waals surface area contributed by atoms with Crippen LogP contribution in [0.3, 0.4) is 0 Å². The molecule has 1 aliphatic carbocycles. The molecule has 2 unspecified atom stereocenters. The Kier molecular flexibility index (Phi) is 3.43. The Morgan fingerprint density at radius 3 is 2.80 bits per heavy atom. The number of likely N-dealkylation sites (tertiary alicyclic amines) is 1. The monoisotopic (exact) mass is 270 g/mol. The molecule has 4 rings (SSSR count). The smallest absolute Gasteiger partial charge is 0.0376 e. The van der Waals surface area contributed by atoms with E-state index in [-0.39, 0.29) is 0 Å². The minimum Gasteiger partial charge on any atom is -0.384 e. The van der Waals surface area contributed by atoms with Gasteiger partial charge in [-0.3, -0.25) is 4.90 Å². The van der Waals surface area contributed by atoms with E-state index in [4.69, 9.17) is 0 Å². The summed E-state index contributed by atoms with van der Waals surface area (Å²) in [6, 6.07) is 9.78. The first-order chi connectivity index (χ1) is 9.92. The number of anilines is 1. The number of fused-ring (bicyclic) bond motifs is 1. The van der Waals surface area contributed by atoms with Gasteiger partial charge in [-0.15, -0.1) is 0 Å². The van der Waals surface area contributed by atoms with Gasteiger partial charge in [-0.05, 0) is 49.8 Å². The fourth-order valence-electron chi connectivity index (χ4n) is 4.76. The zero-order valence-corrected chi connectivity index (χ0v) is 12.4. The quantitative estimate of drug-likeness (QED) is 0.897. The number of rotatable bonds is 3. The molecule has 0 spiro atoms. The van der Waals surface area contributed by atoms with Crippen LogP contribution in [-0.4, -0.2) is 30.6 Å². The maximum absolute atomic E-state index is 3.58. The molecule has 2 heterocycles. The molecule has 108 valence electrons. The topological polar surface area (TPSA) is 15.3 Å². The minimum atomic E-state index is 0.702. The third kappa shape index (κ3) is 2.24. The Morgan fingerprint density at radius 1 is 1.05 bits per heavy atom. The number of nitrogens with one attached hydrogen (secondary N) is 1. The Hall–Kier alpha value is -1.02. The molecule has 2 fully saturated rings. The van der Waals surface area contributed by atoms with Crippen molar-refractivity contribution in [2.75, 3.05) is 25.0 Å². The SMILES string of the molecule is c1ccc2c(c1)NCC2CN1CCCC1C1CCCC1. The summed E-state index contributed by atoms with van der Waals surface area (Å²) >= 11 is 0. The van der Waals surface area contributed by atoms with Gasteiger partial charge < -0.3 is 5.32 Å². The van der Waals surface area contributed by atoms with Gasteiger partial charge >= 0.3 is 0 Å². The third-order valence-electron chi connectivity index (χ3n) is 5.75. The molecule has 3 aliphatic rings. The number of hydrogen-bond acceptors (Lipinski definition) is 2. The van der Waals surface area contributed by atoms with E-state index in [0.29, 0.717) is 5.92 Å². The summed E-state index contributed by atoms with van der Waals surface area (Å²) in [5, 5.41) is 3.58. The normalized spacial score (nSPS) is 30.6. The van der Waals surface area contributed by atoms with Crippen LogP contribution >= 0.6 is 0 Å². The van der Waals surface area contributed by atoms with Crippen molar-refractivity contribution in [1.82, 2.24) is 4.90 Å². The van der Waals surface area contributed by atoms with Gasteiger partial charge in [0.1, 0.15) is 0 Å². The number of hydrogen-bond donors (Lipinski definition) is 1. The van der Waals surface area contributed by atoms with Crippen molar-refractivity contribution >= 4 is 5.69 Å². The van der Waals surface area contributed by atoms with E-state index >= 15 is 0 Å². The average Bonchev–Trinajstić information content (AvgIpc) is 3.19. The maximum Gasteiger partial charge on any atom is 0.0376 e. The summed E-state index contributed by atoms with van der Waals surface area (Å²) in [4.78, 5) is 2.82. The van der Waals surface area contributed by atoms with Crippen LogP contribution in [0.2, 0.25) is 0 Å². The van der Waals surface area contributed by atoms with Crippen LogP contribution in [0.5, 0.6) is 0 Å². The van der Waals surface area contributed by atoms with Gasteiger partial charge in [0.15, 0.2) is 0 Å². The van der Waals surface area contributed by atoms with Gasteiger partial charge in [0.2, 0.25) is 0 Å². The fraction of sp³-hybridized carbons (Fsp3) is 0.667. The number of benzene rings is 1. The van der Waals surface area contributed by atoms with Crippen LogP contribution < -0.4 is 5.32 Å². The molecular weight excluding hydrogens is 244 g/mol. The van der Waals surface area contributed by atoms with E-state index in [0.717, 1.165) is 18.5 Å². The third-order valence-corrected chi connectivity index (χ3v) is 5.75. The highest BCUT2D eigenvalue weighted by atomic mass is 15.2. The highest BCUT2D eigenvalue weighted by Gasteiger charge is 2.35. The predicted molar refractivity (Wildman–Crippen MR) is 84.2 cm³/mol. The van der Waals surface area contributed by atoms with Gasteiger partial charge in [-0.1, -0.05) is 31.0 Å². The largest absolute Gasteiger partial charge is 0.384 e. The average molecular weight is 270 g/mol. The lowest BCUT2D eigenvalue weighted by atomic mass is 9.94. The van der Waals surface area contributed by atoms with Crippen LogP contribution in [0.1, 0.15) is 50.0 Å². The van der Waals surface area contributed by atoms with Crippen LogP contribution in [0.4, 0.5) is 5.69 Å². The van der Waals surface area contributed by atoms with E-state index in [2.05, 4.69) is 34.5 Å². The molecule has 2 heteroatoms. The lowest BCUT2D eigenvalue weighted by molar-refractivity contribution is 0.183. The number of nitrogens with zero attached hydrogens (tertiary/aromatic N) is 1. The lowest BCUT2D eigenvalue weighted by Crippen LogP contribution is -2.37. The molecule has 0 aromatic heterocycles. The van der Waals surface area contributed by atoms with Crippen molar-refractivity contribution in [3.8, 4) is 0 Å². The molecule has 1 saturated carbocycles. The second kappa shape index (κ2) is 5.40. The Bertz CT molecular complexity index is 464. The molecule has 20 heavy (non-hydrogen) atoms. The summed E-state index contributed by atoms with van der Waals surface area (Å²) in [6.45, 7) is 3.73. The molecule has 2 nitrogen and oxygen atoms in total. The molecular formula is C18H26N2. The number of para-hydroxylation sites is 1. The molecule has 1 saturated heterocycles. The molecule has 2 aliphatic heterocycles. The first kappa shape index (κ1) is 12.7. The molecule has 0 amide bonds. The lowest BCUT2D eigenvalue weighted by Gasteiger charge is -2.31. The second-order valence-electron chi connectivity index (χ2n) is 6.91. The summed E-state index contributed by atoms with van der Waals surface area (Å²) < 4.78 is 0. The molecule has 0 bridgehead atoms. The highest BCUT2D eigenvalue weighted by molar-refractivity contribution is 5.57. The predicted octanol–water partition coefficient (Wildman–Crippen LogP) is 3.85. The van der Waals surface area contributed by atoms with Crippen molar-refractivity contribution in [1.29, 1.82) is 0 Å². The van der Waals surface area contributed by atoms with Gasteiger partial charge in [0, 0.05) is 30.7 Å². The van der Waals surface area contributed by atoms with Crippen LogP contribution in [0, 0.1) is 5.92 Å². The molecule has 0 radical (unpaired) electrons. The van der Waals surface area contributed by atoms with Crippen LogP contribution in [0.25, 0.3) is 0 Å². The summed E-state index contributed by atoms with van der Waals surface area (Å²) in [5.41, 5.74) is 2.92. The van der Waals surface area contributed by atoms with Crippen LogP contribution in [0.15, 0.2) is 24.3 Å². The van der Waals surface area contributed by atoms with E-state index < -0.39 is 0 Å². The van der Waals surface area contributed by atoms with Crippen molar-refractivity contribution in [2.45, 2.75) is 50.5 Å². The van der Waals surface area contributed by atoms with Crippen molar-refractivity contribution in [3.05, 3.63) is 29.8 Å². The van der Waals surface area contributed by atoms with E-state index in [9.17, 15) is 0 Å². The second-order valence-corrected chi connectivity index (χ2v) is 6.91. The minimum absolute atomic E-state index is 0.702. The van der Waals surface area contributed by atoms with Gasteiger partial charge in [-0.25, -0.2) is 0 Å². The van der Waals surface area contributed by atoms with E-state index in [1.165, 1.54) is 57.3 Å². The standard InChI is InChI=1S/C18H26N2/c1-2-7-14(6-1)18-10-5-11-20(18)13-15-12-19-17-9-4-3-8-16(15)17/h3-4,8-9,14-15,18-19H,1-2,5-7,10-13H2. The summed E-state index contributed by atoms with van der Waals surface area (Å²) in [6.07, 6.45) is 8.79. The first-order valence-electron chi connectivity index (χ1n) is 8.48. The van der Waals surface area contributed by atoms with Gasteiger partial charge in [0.25, 0.3) is 0 Å². The van der Waals surface area contributed by atoms with Crippen molar-refractivity contribution < 1.29 is 0 Å².